The molecule has 0 saturated carbocycles. The Morgan fingerprint density at radius 1 is 1.13 bits per heavy atom. The molecule has 0 aliphatic carbocycles. The van der Waals surface area contributed by atoms with Gasteiger partial charge < -0.3 is 0 Å². The maximum atomic E-state index is 14.3. The predicted molar refractivity (Wildman–Crippen MR) is 89.5 cm³/mol. The number of rotatable bonds is 3. The van der Waals surface area contributed by atoms with Gasteiger partial charge in [-0.05, 0) is 29.8 Å². The number of aromatic nitrogens is 2. The summed E-state index contributed by atoms with van der Waals surface area (Å²) in [6.07, 6.45) is 1.78. The highest BCUT2D eigenvalue weighted by atomic mass is 35.5. The van der Waals surface area contributed by atoms with Crippen LogP contribution >= 0.6 is 11.6 Å². The van der Waals surface area contributed by atoms with Crippen molar-refractivity contribution in [2.75, 3.05) is 0 Å². The van der Waals surface area contributed by atoms with Crippen LogP contribution in [0.1, 0.15) is 16.8 Å². The number of aliphatic imine (C=N–C) groups is 1. The van der Waals surface area contributed by atoms with Crippen LogP contribution in [0.25, 0.3) is 11.3 Å². The second kappa shape index (κ2) is 5.63. The number of halogens is 2. The zero-order chi connectivity index (χ0) is 15.8. The molecule has 5 heteroatoms. The predicted octanol–water partition coefficient (Wildman–Crippen LogP) is 4.32. The summed E-state index contributed by atoms with van der Waals surface area (Å²) in [5, 5.41) is 5.29. The number of hydrogen-bond donors (Lipinski definition) is 0. The van der Waals surface area contributed by atoms with Crippen LogP contribution in [0.15, 0.2) is 53.5 Å². The van der Waals surface area contributed by atoms with Gasteiger partial charge >= 0.3 is 0 Å². The van der Waals surface area contributed by atoms with E-state index < -0.39 is 0 Å². The van der Waals surface area contributed by atoms with Gasteiger partial charge in [-0.1, -0.05) is 35.9 Å². The normalized spacial score (nSPS) is 12.6. The zero-order valence-electron chi connectivity index (χ0n) is 12.2. The second-order valence-corrected chi connectivity index (χ2v) is 5.88. The van der Waals surface area contributed by atoms with Gasteiger partial charge in [0.15, 0.2) is 0 Å². The second-order valence-electron chi connectivity index (χ2n) is 5.45. The van der Waals surface area contributed by atoms with Gasteiger partial charge in [0.2, 0.25) is 0 Å². The van der Waals surface area contributed by atoms with Gasteiger partial charge in [0.25, 0.3) is 0 Å². The van der Waals surface area contributed by atoms with Gasteiger partial charge in [-0.15, -0.1) is 0 Å². The largest absolute Gasteiger partial charge is 0.286 e. The monoisotopic (exact) mass is 325 g/mol. The van der Waals surface area contributed by atoms with Crippen LogP contribution in [0.2, 0.25) is 5.02 Å². The van der Waals surface area contributed by atoms with E-state index >= 15 is 0 Å². The molecule has 0 atom stereocenters. The molecule has 4 rings (SSSR count). The first kappa shape index (κ1) is 14.2. The number of benzene rings is 2. The van der Waals surface area contributed by atoms with Crippen LogP contribution in [0.3, 0.4) is 0 Å². The molecule has 114 valence electrons. The molecule has 2 heterocycles. The van der Waals surface area contributed by atoms with E-state index in [0.717, 1.165) is 22.5 Å². The van der Waals surface area contributed by atoms with Crippen molar-refractivity contribution in [3.63, 3.8) is 0 Å². The highest BCUT2D eigenvalue weighted by Crippen LogP contribution is 2.31. The van der Waals surface area contributed by atoms with Gasteiger partial charge in [-0.25, -0.2) is 4.39 Å². The Bertz CT molecular complexity index is 914. The highest BCUT2D eigenvalue weighted by Gasteiger charge is 2.22. The smallest absolute Gasteiger partial charge is 0.132 e. The van der Waals surface area contributed by atoms with E-state index in [2.05, 4.69) is 10.1 Å². The van der Waals surface area contributed by atoms with E-state index in [4.69, 9.17) is 11.6 Å². The molecule has 1 aromatic heterocycles. The summed E-state index contributed by atoms with van der Waals surface area (Å²) in [6.45, 7) is 1.07. The maximum Gasteiger partial charge on any atom is 0.132 e. The van der Waals surface area contributed by atoms with Crippen LogP contribution in [0.5, 0.6) is 0 Å². The van der Waals surface area contributed by atoms with Crippen molar-refractivity contribution >= 4 is 17.8 Å². The van der Waals surface area contributed by atoms with Crippen molar-refractivity contribution in [3.8, 4) is 11.3 Å². The average molecular weight is 326 g/mol. The van der Waals surface area contributed by atoms with Crippen LogP contribution in [-0.2, 0) is 13.1 Å². The third-order valence-electron chi connectivity index (χ3n) is 3.88. The Morgan fingerprint density at radius 2 is 2.00 bits per heavy atom. The summed E-state index contributed by atoms with van der Waals surface area (Å²) in [5.74, 6) is -0.261. The standard InChI is InChI=1S/C18H13ClFN3/c19-13-5-3-4-12(8-13)11-23-18(14-6-1-2-7-16(14)20)15-9-21-10-17(15)22-23/h1-9H,10-11H2. The van der Waals surface area contributed by atoms with Crippen LogP contribution in [-0.4, -0.2) is 16.0 Å². The lowest BCUT2D eigenvalue weighted by molar-refractivity contribution is 0.623. The molecule has 1 aliphatic rings. The van der Waals surface area contributed by atoms with Gasteiger partial charge in [-0.3, -0.25) is 9.67 Å². The molecule has 0 radical (unpaired) electrons. The molecular weight excluding hydrogens is 313 g/mol. The number of hydrogen-bond acceptors (Lipinski definition) is 2. The van der Waals surface area contributed by atoms with E-state index in [0.29, 0.717) is 23.7 Å². The number of nitrogens with zero attached hydrogens (tertiary/aromatic N) is 3. The Labute approximate surface area is 138 Å². The Hall–Kier alpha value is -2.46. The summed E-state index contributed by atoms with van der Waals surface area (Å²) in [4.78, 5) is 4.25. The quantitative estimate of drug-likeness (QED) is 0.705. The van der Waals surface area contributed by atoms with Crippen molar-refractivity contribution in [1.82, 2.24) is 9.78 Å². The van der Waals surface area contributed by atoms with Crippen molar-refractivity contribution in [1.29, 1.82) is 0 Å². The third-order valence-corrected chi connectivity index (χ3v) is 4.11. The van der Waals surface area contributed by atoms with Crippen molar-refractivity contribution in [3.05, 3.63) is 76.2 Å². The molecular formula is C18H13ClFN3. The first-order valence-corrected chi connectivity index (χ1v) is 7.69. The zero-order valence-corrected chi connectivity index (χ0v) is 13.0. The van der Waals surface area contributed by atoms with E-state index in [1.165, 1.54) is 6.07 Å². The maximum absolute atomic E-state index is 14.3. The molecule has 0 fully saturated rings. The van der Waals surface area contributed by atoms with Crippen molar-refractivity contribution in [2.45, 2.75) is 13.1 Å². The molecule has 2 aromatic carbocycles. The Morgan fingerprint density at radius 3 is 2.83 bits per heavy atom. The summed E-state index contributed by atoms with van der Waals surface area (Å²) >= 11 is 6.06. The van der Waals surface area contributed by atoms with Gasteiger partial charge in [0.1, 0.15) is 5.82 Å². The lowest BCUT2D eigenvalue weighted by atomic mass is 10.1. The van der Waals surface area contributed by atoms with E-state index in [-0.39, 0.29) is 5.82 Å². The fourth-order valence-corrected chi connectivity index (χ4v) is 3.07. The third kappa shape index (κ3) is 2.55. The molecule has 0 amide bonds. The fraction of sp³-hybridized carbons (Fsp3) is 0.111. The minimum atomic E-state index is -0.261. The average Bonchev–Trinajstić information content (AvgIpc) is 3.09. The lowest BCUT2D eigenvalue weighted by Gasteiger charge is -2.10. The highest BCUT2D eigenvalue weighted by molar-refractivity contribution is 6.30. The van der Waals surface area contributed by atoms with Crippen LogP contribution < -0.4 is 0 Å². The molecule has 0 spiro atoms. The summed E-state index contributed by atoms with van der Waals surface area (Å²) in [7, 11) is 0. The molecule has 0 unspecified atom stereocenters. The molecule has 1 aliphatic heterocycles. The SMILES string of the molecule is Fc1ccccc1-c1c2c(nn1Cc1cccc(Cl)c1)CN=C2. The van der Waals surface area contributed by atoms with Crippen molar-refractivity contribution < 1.29 is 4.39 Å². The van der Waals surface area contributed by atoms with Gasteiger partial charge in [-0.2, -0.15) is 5.10 Å². The minimum absolute atomic E-state index is 0.261. The van der Waals surface area contributed by atoms with E-state index in [1.807, 2.05) is 35.0 Å². The molecule has 23 heavy (non-hydrogen) atoms. The first-order valence-electron chi connectivity index (χ1n) is 7.31. The summed E-state index contributed by atoms with van der Waals surface area (Å²) in [6, 6.07) is 14.4. The minimum Gasteiger partial charge on any atom is -0.286 e. The van der Waals surface area contributed by atoms with E-state index in [9.17, 15) is 4.39 Å². The molecule has 0 saturated heterocycles. The van der Waals surface area contributed by atoms with E-state index in [1.54, 1.807) is 18.3 Å². The lowest BCUT2D eigenvalue weighted by Crippen LogP contribution is -2.06. The van der Waals surface area contributed by atoms with Crippen LogP contribution in [0, 0.1) is 5.82 Å². The Kier molecular flexibility index (Phi) is 3.46. The first-order chi connectivity index (χ1) is 11.2. The summed E-state index contributed by atoms with van der Waals surface area (Å²) < 4.78 is 16.1. The van der Waals surface area contributed by atoms with Crippen molar-refractivity contribution in [2.24, 2.45) is 4.99 Å². The molecule has 3 nitrogen and oxygen atoms in total. The topological polar surface area (TPSA) is 30.2 Å². The molecule has 3 aromatic rings. The summed E-state index contributed by atoms with van der Waals surface area (Å²) in [5.41, 5.74) is 4.10. The van der Waals surface area contributed by atoms with Gasteiger partial charge in [0, 0.05) is 22.4 Å². The fourth-order valence-electron chi connectivity index (χ4n) is 2.86. The Balaban J connectivity index is 1.85. The van der Waals surface area contributed by atoms with Gasteiger partial charge in [0.05, 0.1) is 24.5 Å². The number of fused-ring (bicyclic) bond motifs is 1. The molecule has 0 N–H and O–H groups in total. The molecule has 0 bridgehead atoms. The van der Waals surface area contributed by atoms with Crippen LogP contribution in [0.4, 0.5) is 4.39 Å².